The zero-order valence-electron chi connectivity index (χ0n) is 10.0. The van der Waals surface area contributed by atoms with E-state index in [1.165, 1.54) is 0 Å². The predicted octanol–water partition coefficient (Wildman–Crippen LogP) is 3.82. The maximum absolute atomic E-state index is 6.18. The Labute approximate surface area is 119 Å². The molecule has 3 rings (SSSR count). The van der Waals surface area contributed by atoms with Crippen molar-refractivity contribution in [1.82, 2.24) is 15.0 Å². The van der Waals surface area contributed by atoms with Gasteiger partial charge in [0.1, 0.15) is 5.82 Å². The highest BCUT2D eigenvalue weighted by Crippen LogP contribution is 2.36. The van der Waals surface area contributed by atoms with Crippen molar-refractivity contribution in [2.45, 2.75) is 6.92 Å². The van der Waals surface area contributed by atoms with E-state index in [4.69, 9.17) is 28.9 Å². The zero-order chi connectivity index (χ0) is 13.6. The molecule has 0 aliphatic rings. The fourth-order valence-electron chi connectivity index (χ4n) is 1.96. The van der Waals surface area contributed by atoms with E-state index >= 15 is 0 Å². The number of hydrogen-bond acceptors (Lipinski definition) is 3. The van der Waals surface area contributed by atoms with Crippen molar-refractivity contribution in [1.29, 1.82) is 0 Å². The van der Waals surface area contributed by atoms with Crippen LogP contribution in [0.1, 0.15) is 5.56 Å². The third-order valence-electron chi connectivity index (χ3n) is 2.98. The van der Waals surface area contributed by atoms with Crippen molar-refractivity contribution >= 4 is 40.1 Å². The molecule has 0 bridgehead atoms. The molecule has 3 aromatic rings. The van der Waals surface area contributed by atoms with Gasteiger partial charge in [0.25, 0.3) is 0 Å². The van der Waals surface area contributed by atoms with Crippen LogP contribution in [0.3, 0.4) is 0 Å². The highest BCUT2D eigenvalue weighted by atomic mass is 35.5. The third-order valence-corrected chi connectivity index (χ3v) is 3.62. The van der Waals surface area contributed by atoms with Gasteiger partial charge in [-0.1, -0.05) is 23.2 Å². The number of halogens is 2. The first-order chi connectivity index (χ1) is 9.08. The number of nitrogens with zero attached hydrogens (tertiary/aromatic N) is 2. The summed E-state index contributed by atoms with van der Waals surface area (Å²) >= 11 is 12.2. The van der Waals surface area contributed by atoms with Gasteiger partial charge >= 0.3 is 0 Å². The molecule has 19 heavy (non-hydrogen) atoms. The Morgan fingerprint density at radius 2 is 1.89 bits per heavy atom. The van der Waals surface area contributed by atoms with Crippen LogP contribution >= 0.6 is 23.2 Å². The van der Waals surface area contributed by atoms with Crippen LogP contribution in [-0.2, 0) is 0 Å². The van der Waals surface area contributed by atoms with E-state index in [1.54, 1.807) is 18.3 Å². The number of fused-ring (bicyclic) bond motifs is 1. The number of hydrogen-bond donors (Lipinski definition) is 2. The van der Waals surface area contributed by atoms with E-state index in [0.29, 0.717) is 32.8 Å². The second kappa shape index (κ2) is 4.40. The lowest BCUT2D eigenvalue weighted by Gasteiger charge is -2.06. The van der Waals surface area contributed by atoms with E-state index in [-0.39, 0.29) is 0 Å². The normalized spacial score (nSPS) is 11.1. The maximum Gasteiger partial charge on any atom is 0.178 e. The zero-order valence-corrected chi connectivity index (χ0v) is 11.5. The first kappa shape index (κ1) is 12.3. The lowest BCUT2D eigenvalue weighted by Crippen LogP contribution is -1.93. The van der Waals surface area contributed by atoms with Crippen LogP contribution in [0.5, 0.6) is 0 Å². The highest BCUT2D eigenvalue weighted by molar-refractivity contribution is 6.37. The fourth-order valence-corrected chi connectivity index (χ4v) is 2.37. The molecule has 6 heteroatoms. The summed E-state index contributed by atoms with van der Waals surface area (Å²) in [7, 11) is 0. The van der Waals surface area contributed by atoms with Crippen molar-refractivity contribution in [2.24, 2.45) is 0 Å². The molecule has 4 nitrogen and oxygen atoms in total. The van der Waals surface area contributed by atoms with Crippen molar-refractivity contribution < 1.29 is 0 Å². The first-order valence-electron chi connectivity index (χ1n) is 5.63. The second-order valence-electron chi connectivity index (χ2n) is 4.23. The van der Waals surface area contributed by atoms with Gasteiger partial charge in [-0.25, -0.2) is 9.97 Å². The second-order valence-corrected chi connectivity index (χ2v) is 5.04. The monoisotopic (exact) mass is 292 g/mol. The van der Waals surface area contributed by atoms with Gasteiger partial charge in [0, 0.05) is 6.20 Å². The van der Waals surface area contributed by atoms with Crippen LogP contribution in [0.4, 0.5) is 5.69 Å². The number of aromatic amines is 1. The van der Waals surface area contributed by atoms with Crippen LogP contribution < -0.4 is 5.73 Å². The number of nitrogens with one attached hydrogen (secondary N) is 1. The number of imidazole rings is 1. The molecule has 1 aromatic carbocycles. The molecular formula is C13H10Cl2N4. The lowest BCUT2D eigenvalue weighted by molar-refractivity contribution is 1.30. The standard InChI is InChI=1S/C13H10Cl2N4/c1-6-4-5-17-13-11(6)18-12(19-13)9-7(14)2-3-8(15)10(9)16/h2-5H,16H2,1H3,(H,17,18,19). The number of rotatable bonds is 1. The number of anilines is 1. The summed E-state index contributed by atoms with van der Waals surface area (Å²) in [5, 5.41) is 0.947. The summed E-state index contributed by atoms with van der Waals surface area (Å²) in [5.74, 6) is 0.571. The van der Waals surface area contributed by atoms with Crippen LogP contribution in [0.15, 0.2) is 24.4 Å². The lowest BCUT2D eigenvalue weighted by atomic mass is 10.1. The minimum absolute atomic E-state index is 0.408. The molecule has 0 aliphatic carbocycles. The van der Waals surface area contributed by atoms with E-state index in [2.05, 4.69) is 15.0 Å². The number of benzene rings is 1. The van der Waals surface area contributed by atoms with Crippen LogP contribution in [0.2, 0.25) is 10.0 Å². The van der Waals surface area contributed by atoms with Gasteiger partial charge in [0.2, 0.25) is 0 Å². The average Bonchev–Trinajstić information content (AvgIpc) is 2.80. The summed E-state index contributed by atoms with van der Waals surface area (Å²) in [6.45, 7) is 1.98. The highest BCUT2D eigenvalue weighted by Gasteiger charge is 2.15. The van der Waals surface area contributed by atoms with Crippen molar-refractivity contribution in [2.75, 3.05) is 5.73 Å². The largest absolute Gasteiger partial charge is 0.397 e. The first-order valence-corrected chi connectivity index (χ1v) is 6.38. The Morgan fingerprint density at radius 3 is 2.63 bits per heavy atom. The molecule has 2 heterocycles. The predicted molar refractivity (Wildman–Crippen MR) is 78.5 cm³/mol. The SMILES string of the molecule is Cc1ccnc2nc(-c3c(Cl)ccc(Cl)c3N)[nH]c12. The molecule has 3 N–H and O–H groups in total. The molecule has 0 spiro atoms. The molecular weight excluding hydrogens is 283 g/mol. The van der Waals surface area contributed by atoms with Crippen molar-refractivity contribution in [3.8, 4) is 11.4 Å². The minimum Gasteiger partial charge on any atom is -0.397 e. The third kappa shape index (κ3) is 1.93. The molecule has 0 unspecified atom stereocenters. The van der Waals surface area contributed by atoms with E-state index < -0.39 is 0 Å². The summed E-state index contributed by atoms with van der Waals surface area (Å²) in [6, 6.07) is 5.27. The van der Waals surface area contributed by atoms with Crippen molar-refractivity contribution in [3.63, 3.8) is 0 Å². The summed E-state index contributed by atoms with van der Waals surface area (Å²) < 4.78 is 0. The Morgan fingerprint density at radius 1 is 1.16 bits per heavy atom. The van der Waals surface area contributed by atoms with Gasteiger partial charge < -0.3 is 10.7 Å². The summed E-state index contributed by atoms with van der Waals surface area (Å²) in [5.41, 5.74) is 9.54. The number of pyridine rings is 1. The van der Waals surface area contributed by atoms with Gasteiger partial charge in [-0.15, -0.1) is 0 Å². The van der Waals surface area contributed by atoms with Gasteiger partial charge in [-0.2, -0.15) is 0 Å². The molecule has 96 valence electrons. The molecule has 0 fully saturated rings. The van der Waals surface area contributed by atoms with E-state index in [1.807, 2.05) is 13.0 Å². The number of aromatic nitrogens is 3. The Kier molecular flexibility index (Phi) is 2.84. The quantitative estimate of drug-likeness (QED) is 0.670. The average molecular weight is 293 g/mol. The molecule has 0 saturated heterocycles. The Bertz CT molecular complexity index is 780. The summed E-state index contributed by atoms with van der Waals surface area (Å²) in [6.07, 6.45) is 1.71. The number of aryl methyl sites for hydroxylation is 1. The van der Waals surface area contributed by atoms with Crippen LogP contribution in [0.25, 0.3) is 22.6 Å². The minimum atomic E-state index is 0.408. The van der Waals surface area contributed by atoms with Crippen molar-refractivity contribution in [3.05, 3.63) is 40.0 Å². The van der Waals surface area contributed by atoms with Gasteiger partial charge in [-0.3, -0.25) is 0 Å². The van der Waals surface area contributed by atoms with E-state index in [9.17, 15) is 0 Å². The number of H-pyrrole nitrogens is 1. The maximum atomic E-state index is 6.18. The van der Waals surface area contributed by atoms with Gasteiger partial charge in [0.05, 0.1) is 26.8 Å². The number of nitrogen functional groups attached to an aromatic ring is 1. The van der Waals surface area contributed by atoms with Crippen LogP contribution in [0, 0.1) is 6.92 Å². The van der Waals surface area contributed by atoms with Gasteiger partial charge in [0.15, 0.2) is 5.65 Å². The molecule has 2 aromatic heterocycles. The van der Waals surface area contributed by atoms with E-state index in [0.717, 1.165) is 11.1 Å². The topological polar surface area (TPSA) is 67.6 Å². The Hall–Kier alpha value is -1.78. The fraction of sp³-hybridized carbons (Fsp3) is 0.0769. The smallest absolute Gasteiger partial charge is 0.178 e. The molecule has 0 radical (unpaired) electrons. The molecule has 0 saturated carbocycles. The summed E-state index contributed by atoms with van der Waals surface area (Å²) in [4.78, 5) is 11.8. The molecule has 0 aliphatic heterocycles. The number of nitrogens with two attached hydrogens (primary N) is 1. The van der Waals surface area contributed by atoms with Gasteiger partial charge in [-0.05, 0) is 30.7 Å². The Balaban J connectivity index is 2.31. The van der Waals surface area contributed by atoms with Crippen LogP contribution in [-0.4, -0.2) is 15.0 Å². The molecule has 0 amide bonds. The molecule has 0 atom stereocenters.